The Labute approximate surface area is 107 Å². The van der Waals surface area contributed by atoms with Gasteiger partial charge >= 0.3 is 0 Å². The number of benzene rings is 1. The highest BCUT2D eigenvalue weighted by Crippen LogP contribution is 2.09. The third kappa shape index (κ3) is 4.84. The molecule has 0 aliphatic carbocycles. The van der Waals surface area contributed by atoms with Crippen molar-refractivity contribution in [2.24, 2.45) is 0 Å². The molecule has 1 N–H and O–H groups in total. The summed E-state index contributed by atoms with van der Waals surface area (Å²) in [6.07, 6.45) is 1.77. The van der Waals surface area contributed by atoms with E-state index in [2.05, 4.69) is 0 Å². The fraction of sp³-hybridized carbons (Fsp3) is 0.500. The second-order valence-electron chi connectivity index (χ2n) is 4.22. The van der Waals surface area contributed by atoms with Gasteiger partial charge in [-0.1, -0.05) is 12.1 Å². The number of halogens is 1. The lowest BCUT2D eigenvalue weighted by molar-refractivity contribution is -0.131. The molecule has 0 heterocycles. The number of aliphatic hydroxyl groups excluding tert-OH is 1. The van der Waals surface area contributed by atoms with Crippen LogP contribution < -0.4 is 0 Å². The minimum atomic E-state index is -0.281. The molecule has 100 valence electrons. The van der Waals surface area contributed by atoms with Crippen LogP contribution in [0.1, 0.15) is 31.7 Å². The third-order valence-electron chi connectivity index (χ3n) is 2.80. The molecule has 0 aromatic heterocycles. The average molecular weight is 253 g/mol. The first-order valence-electron chi connectivity index (χ1n) is 6.30. The van der Waals surface area contributed by atoms with Crippen LogP contribution in [0.4, 0.5) is 4.39 Å². The van der Waals surface area contributed by atoms with Gasteiger partial charge in [-0.2, -0.15) is 0 Å². The summed E-state index contributed by atoms with van der Waals surface area (Å²) in [7, 11) is 0. The maximum absolute atomic E-state index is 13.0. The van der Waals surface area contributed by atoms with E-state index in [1.807, 2.05) is 13.0 Å². The summed E-state index contributed by atoms with van der Waals surface area (Å²) in [6.45, 7) is 3.06. The predicted octanol–water partition coefficient (Wildman–Crippen LogP) is 2.34. The smallest absolute Gasteiger partial charge is 0.222 e. The van der Waals surface area contributed by atoms with Crippen molar-refractivity contribution in [1.82, 2.24) is 4.90 Å². The number of rotatable bonds is 7. The van der Waals surface area contributed by atoms with Gasteiger partial charge in [0.1, 0.15) is 5.82 Å². The second kappa shape index (κ2) is 7.82. The lowest BCUT2D eigenvalue weighted by Gasteiger charge is -2.21. The summed E-state index contributed by atoms with van der Waals surface area (Å²) < 4.78 is 13.0. The molecule has 0 bridgehead atoms. The van der Waals surface area contributed by atoms with Gasteiger partial charge in [0.2, 0.25) is 5.91 Å². The fourth-order valence-corrected chi connectivity index (χ4v) is 1.78. The number of aliphatic hydroxyl groups is 1. The second-order valence-corrected chi connectivity index (χ2v) is 4.22. The van der Waals surface area contributed by atoms with Gasteiger partial charge in [-0.05, 0) is 37.5 Å². The van der Waals surface area contributed by atoms with E-state index in [0.717, 1.165) is 5.56 Å². The minimum absolute atomic E-state index is 0.0511. The maximum atomic E-state index is 13.0. The van der Waals surface area contributed by atoms with E-state index in [0.29, 0.717) is 32.4 Å². The van der Waals surface area contributed by atoms with Crippen molar-refractivity contribution < 1.29 is 14.3 Å². The highest BCUT2D eigenvalue weighted by molar-refractivity contribution is 5.76. The molecule has 0 spiro atoms. The van der Waals surface area contributed by atoms with Crippen molar-refractivity contribution in [3.63, 3.8) is 0 Å². The van der Waals surface area contributed by atoms with Gasteiger partial charge in [0, 0.05) is 26.1 Å². The van der Waals surface area contributed by atoms with Crippen LogP contribution in [0, 0.1) is 5.82 Å². The van der Waals surface area contributed by atoms with Gasteiger partial charge in [-0.15, -0.1) is 0 Å². The van der Waals surface area contributed by atoms with E-state index >= 15 is 0 Å². The Morgan fingerprint density at radius 2 is 2.17 bits per heavy atom. The van der Waals surface area contributed by atoms with Gasteiger partial charge in [-0.3, -0.25) is 4.79 Å². The van der Waals surface area contributed by atoms with E-state index < -0.39 is 0 Å². The molecule has 0 radical (unpaired) electrons. The summed E-state index contributed by atoms with van der Waals surface area (Å²) in [5.41, 5.74) is 0.798. The Kier molecular flexibility index (Phi) is 6.36. The van der Waals surface area contributed by atoms with E-state index in [9.17, 15) is 9.18 Å². The van der Waals surface area contributed by atoms with Gasteiger partial charge in [0.25, 0.3) is 0 Å². The molecule has 1 aromatic carbocycles. The summed E-state index contributed by atoms with van der Waals surface area (Å²) in [5, 5.41) is 8.67. The van der Waals surface area contributed by atoms with Crippen LogP contribution in [0.15, 0.2) is 24.3 Å². The zero-order chi connectivity index (χ0) is 13.4. The van der Waals surface area contributed by atoms with Crippen molar-refractivity contribution >= 4 is 5.91 Å². The molecule has 1 rings (SSSR count). The standard InChI is InChI=1S/C14H20FNO2/c1-2-16(14(18)8-3-4-9-17)11-12-6-5-7-13(15)10-12/h5-7,10,17H,2-4,8-9,11H2,1H3. The van der Waals surface area contributed by atoms with Gasteiger partial charge in [0.05, 0.1) is 0 Å². The molecule has 0 saturated heterocycles. The number of carbonyl (C=O) groups excluding carboxylic acids is 1. The van der Waals surface area contributed by atoms with Gasteiger partial charge in [0.15, 0.2) is 0 Å². The van der Waals surface area contributed by atoms with Crippen molar-refractivity contribution in [1.29, 1.82) is 0 Å². The first-order chi connectivity index (χ1) is 8.67. The van der Waals surface area contributed by atoms with Crippen LogP contribution in [0.5, 0.6) is 0 Å². The molecule has 1 aromatic rings. The minimum Gasteiger partial charge on any atom is -0.396 e. The predicted molar refractivity (Wildman–Crippen MR) is 68.4 cm³/mol. The molecule has 0 unspecified atom stereocenters. The van der Waals surface area contributed by atoms with Gasteiger partial charge in [-0.25, -0.2) is 4.39 Å². The van der Waals surface area contributed by atoms with Crippen molar-refractivity contribution in [2.45, 2.75) is 32.7 Å². The molecule has 0 atom stereocenters. The zero-order valence-electron chi connectivity index (χ0n) is 10.7. The Bertz CT molecular complexity index is 382. The van der Waals surface area contributed by atoms with Crippen molar-refractivity contribution in [3.05, 3.63) is 35.6 Å². The van der Waals surface area contributed by atoms with E-state index in [1.165, 1.54) is 12.1 Å². The molecular formula is C14H20FNO2. The van der Waals surface area contributed by atoms with Crippen LogP contribution >= 0.6 is 0 Å². The molecule has 1 amide bonds. The van der Waals surface area contributed by atoms with Crippen LogP contribution in [-0.4, -0.2) is 29.1 Å². The number of hydrogen-bond acceptors (Lipinski definition) is 2. The van der Waals surface area contributed by atoms with Crippen LogP contribution in [0.25, 0.3) is 0 Å². The van der Waals surface area contributed by atoms with Crippen LogP contribution in [-0.2, 0) is 11.3 Å². The summed E-state index contributed by atoms with van der Waals surface area (Å²) in [6, 6.07) is 6.30. The van der Waals surface area contributed by atoms with Crippen molar-refractivity contribution in [2.75, 3.05) is 13.2 Å². The number of unbranched alkanes of at least 4 members (excludes halogenated alkanes) is 1. The zero-order valence-corrected chi connectivity index (χ0v) is 10.7. The molecule has 0 aliphatic heterocycles. The average Bonchev–Trinajstić information content (AvgIpc) is 2.36. The first kappa shape index (κ1) is 14.6. The normalized spacial score (nSPS) is 10.4. The number of amides is 1. The lowest BCUT2D eigenvalue weighted by atomic mass is 10.2. The topological polar surface area (TPSA) is 40.5 Å². The highest BCUT2D eigenvalue weighted by atomic mass is 19.1. The number of carbonyl (C=O) groups is 1. The Balaban J connectivity index is 2.53. The molecule has 0 aliphatic rings. The Morgan fingerprint density at radius 1 is 1.39 bits per heavy atom. The fourth-order valence-electron chi connectivity index (χ4n) is 1.78. The summed E-state index contributed by atoms with van der Waals surface area (Å²) in [5.74, 6) is -0.230. The van der Waals surface area contributed by atoms with Crippen molar-refractivity contribution in [3.8, 4) is 0 Å². The molecule has 18 heavy (non-hydrogen) atoms. The molecule has 4 heteroatoms. The van der Waals surface area contributed by atoms with Crippen LogP contribution in [0.3, 0.4) is 0 Å². The summed E-state index contributed by atoms with van der Waals surface area (Å²) >= 11 is 0. The molecular weight excluding hydrogens is 233 g/mol. The van der Waals surface area contributed by atoms with Gasteiger partial charge < -0.3 is 10.0 Å². The maximum Gasteiger partial charge on any atom is 0.222 e. The first-order valence-corrected chi connectivity index (χ1v) is 6.30. The Morgan fingerprint density at radius 3 is 2.78 bits per heavy atom. The third-order valence-corrected chi connectivity index (χ3v) is 2.80. The number of hydrogen-bond donors (Lipinski definition) is 1. The Hall–Kier alpha value is -1.42. The molecule has 0 saturated carbocycles. The monoisotopic (exact) mass is 253 g/mol. The molecule has 0 fully saturated rings. The lowest BCUT2D eigenvalue weighted by Crippen LogP contribution is -2.30. The summed E-state index contributed by atoms with van der Waals surface area (Å²) in [4.78, 5) is 13.6. The van der Waals surface area contributed by atoms with E-state index in [-0.39, 0.29) is 18.3 Å². The highest BCUT2D eigenvalue weighted by Gasteiger charge is 2.11. The quantitative estimate of drug-likeness (QED) is 0.758. The largest absolute Gasteiger partial charge is 0.396 e. The number of nitrogens with zero attached hydrogens (tertiary/aromatic N) is 1. The molecule has 3 nitrogen and oxygen atoms in total. The SMILES string of the molecule is CCN(Cc1cccc(F)c1)C(=O)CCCCO. The van der Waals surface area contributed by atoms with E-state index in [4.69, 9.17) is 5.11 Å². The van der Waals surface area contributed by atoms with E-state index in [1.54, 1.807) is 11.0 Å². The van der Waals surface area contributed by atoms with Crippen LogP contribution in [0.2, 0.25) is 0 Å².